The summed E-state index contributed by atoms with van der Waals surface area (Å²) in [7, 11) is -3.61. The standard InChI is InChI=1S/C18H21ClN2O3S2/c1-13(17-6-5-11-25-17)20-18(22)15-12-14(7-8-16(15)19)26(23,24)21-9-3-2-4-10-21/h5-8,11-13H,2-4,9-10H2,1H3,(H,20,22). The Morgan fingerprint density at radius 2 is 1.96 bits per heavy atom. The number of hydrogen-bond acceptors (Lipinski definition) is 4. The van der Waals surface area contributed by atoms with E-state index in [1.807, 2.05) is 24.4 Å². The maximum atomic E-state index is 12.8. The number of nitrogens with zero attached hydrogens (tertiary/aromatic N) is 1. The molecule has 2 heterocycles. The Kier molecular flexibility index (Phi) is 6.02. The normalized spacial score (nSPS) is 17.0. The molecule has 1 aromatic heterocycles. The van der Waals surface area contributed by atoms with Gasteiger partial charge in [0.15, 0.2) is 0 Å². The number of sulfonamides is 1. The van der Waals surface area contributed by atoms with Crippen molar-refractivity contribution < 1.29 is 13.2 Å². The molecule has 1 unspecified atom stereocenters. The summed E-state index contributed by atoms with van der Waals surface area (Å²) in [6.07, 6.45) is 2.76. The van der Waals surface area contributed by atoms with Gasteiger partial charge in [-0.1, -0.05) is 24.1 Å². The van der Waals surface area contributed by atoms with Crippen LogP contribution in [0.4, 0.5) is 0 Å². The number of nitrogens with one attached hydrogen (secondary N) is 1. The van der Waals surface area contributed by atoms with E-state index in [1.54, 1.807) is 11.3 Å². The summed E-state index contributed by atoms with van der Waals surface area (Å²) in [6.45, 7) is 2.91. The van der Waals surface area contributed by atoms with Gasteiger partial charge in [-0.15, -0.1) is 11.3 Å². The zero-order valence-corrected chi connectivity index (χ0v) is 16.8. The quantitative estimate of drug-likeness (QED) is 0.804. The largest absolute Gasteiger partial charge is 0.345 e. The fraction of sp³-hybridized carbons (Fsp3) is 0.389. The van der Waals surface area contributed by atoms with Crippen LogP contribution in [0.1, 0.15) is 47.5 Å². The predicted octanol–water partition coefficient (Wildman–Crippen LogP) is 4.07. The van der Waals surface area contributed by atoms with Crippen molar-refractivity contribution in [3.8, 4) is 0 Å². The molecule has 3 rings (SSSR count). The van der Waals surface area contributed by atoms with Crippen LogP contribution in [-0.2, 0) is 10.0 Å². The molecular weight excluding hydrogens is 392 g/mol. The fourth-order valence-electron chi connectivity index (χ4n) is 2.98. The topological polar surface area (TPSA) is 66.5 Å². The molecule has 1 aliphatic heterocycles. The van der Waals surface area contributed by atoms with Crippen LogP contribution < -0.4 is 5.32 Å². The van der Waals surface area contributed by atoms with Crippen LogP contribution in [0.15, 0.2) is 40.6 Å². The molecule has 1 N–H and O–H groups in total. The van der Waals surface area contributed by atoms with Crippen LogP contribution in [0.2, 0.25) is 5.02 Å². The molecule has 26 heavy (non-hydrogen) atoms. The molecule has 5 nitrogen and oxygen atoms in total. The smallest absolute Gasteiger partial charge is 0.253 e. The maximum absolute atomic E-state index is 12.8. The third-order valence-electron chi connectivity index (χ3n) is 4.45. The molecular formula is C18H21ClN2O3S2. The van der Waals surface area contributed by atoms with Gasteiger partial charge in [0.1, 0.15) is 0 Å². The van der Waals surface area contributed by atoms with Gasteiger partial charge in [0.05, 0.1) is 21.5 Å². The Morgan fingerprint density at radius 1 is 1.23 bits per heavy atom. The lowest BCUT2D eigenvalue weighted by molar-refractivity contribution is 0.0940. The van der Waals surface area contributed by atoms with Crippen LogP contribution >= 0.6 is 22.9 Å². The van der Waals surface area contributed by atoms with E-state index in [9.17, 15) is 13.2 Å². The highest BCUT2D eigenvalue weighted by molar-refractivity contribution is 7.89. The zero-order chi connectivity index (χ0) is 18.7. The van der Waals surface area contributed by atoms with E-state index in [2.05, 4.69) is 5.32 Å². The first-order chi connectivity index (χ1) is 12.4. The summed E-state index contributed by atoms with van der Waals surface area (Å²) < 4.78 is 27.2. The number of benzene rings is 1. The van der Waals surface area contributed by atoms with Gasteiger partial charge in [0.2, 0.25) is 10.0 Å². The number of halogens is 1. The minimum absolute atomic E-state index is 0.109. The summed E-state index contributed by atoms with van der Waals surface area (Å²) in [4.78, 5) is 13.8. The average Bonchev–Trinajstić information content (AvgIpc) is 3.17. The monoisotopic (exact) mass is 412 g/mol. The first-order valence-electron chi connectivity index (χ1n) is 8.53. The third-order valence-corrected chi connectivity index (χ3v) is 7.73. The number of amides is 1. The number of hydrogen-bond donors (Lipinski definition) is 1. The van der Waals surface area contributed by atoms with Crippen molar-refractivity contribution in [2.24, 2.45) is 0 Å². The lowest BCUT2D eigenvalue weighted by Crippen LogP contribution is -2.35. The van der Waals surface area contributed by atoms with Gasteiger partial charge in [0.25, 0.3) is 5.91 Å². The maximum Gasteiger partial charge on any atom is 0.253 e. The van der Waals surface area contributed by atoms with E-state index in [0.29, 0.717) is 13.1 Å². The molecule has 1 atom stereocenters. The highest BCUT2D eigenvalue weighted by atomic mass is 35.5. The van der Waals surface area contributed by atoms with Gasteiger partial charge in [-0.3, -0.25) is 4.79 Å². The summed E-state index contributed by atoms with van der Waals surface area (Å²) in [5.74, 6) is -0.383. The Hall–Kier alpha value is -1.41. The number of thiophene rings is 1. The lowest BCUT2D eigenvalue weighted by Gasteiger charge is -2.26. The van der Waals surface area contributed by atoms with Gasteiger partial charge in [-0.25, -0.2) is 8.42 Å². The van der Waals surface area contributed by atoms with E-state index < -0.39 is 10.0 Å². The highest BCUT2D eigenvalue weighted by Gasteiger charge is 2.27. The molecule has 1 fully saturated rings. The van der Waals surface area contributed by atoms with Gasteiger partial charge < -0.3 is 5.32 Å². The lowest BCUT2D eigenvalue weighted by atomic mass is 10.2. The Morgan fingerprint density at radius 3 is 2.62 bits per heavy atom. The van der Waals surface area contributed by atoms with Crippen molar-refractivity contribution >= 4 is 38.9 Å². The predicted molar refractivity (Wildman–Crippen MR) is 104 cm³/mol. The van der Waals surface area contributed by atoms with Crippen LogP contribution in [0.5, 0.6) is 0 Å². The molecule has 1 aliphatic rings. The van der Waals surface area contributed by atoms with Crippen LogP contribution in [0, 0.1) is 0 Å². The fourth-order valence-corrected chi connectivity index (χ4v) is 5.46. The van der Waals surface area contributed by atoms with E-state index >= 15 is 0 Å². The van der Waals surface area contributed by atoms with Crippen LogP contribution in [0.3, 0.4) is 0 Å². The molecule has 1 saturated heterocycles. The summed E-state index contributed by atoms with van der Waals surface area (Å²) >= 11 is 7.72. The SMILES string of the molecule is CC(NC(=O)c1cc(S(=O)(=O)N2CCCCC2)ccc1Cl)c1cccs1. The number of piperidine rings is 1. The second kappa shape index (κ2) is 8.08. The van der Waals surface area contributed by atoms with Crippen molar-refractivity contribution in [1.29, 1.82) is 0 Å². The molecule has 0 radical (unpaired) electrons. The minimum Gasteiger partial charge on any atom is -0.345 e. The van der Waals surface area contributed by atoms with Crippen LogP contribution in [-0.4, -0.2) is 31.7 Å². The van der Waals surface area contributed by atoms with Crippen molar-refractivity contribution in [3.05, 3.63) is 51.2 Å². The second-order valence-electron chi connectivity index (χ2n) is 6.32. The molecule has 8 heteroatoms. The second-order valence-corrected chi connectivity index (χ2v) is 9.64. The number of carbonyl (C=O) groups excluding carboxylic acids is 1. The number of carbonyl (C=O) groups is 1. The summed E-state index contributed by atoms with van der Waals surface area (Å²) in [5.41, 5.74) is 0.174. The van der Waals surface area contributed by atoms with E-state index in [1.165, 1.54) is 22.5 Å². The van der Waals surface area contributed by atoms with Gasteiger partial charge in [-0.05, 0) is 49.4 Å². The summed E-state index contributed by atoms with van der Waals surface area (Å²) in [5, 5.41) is 5.05. The first kappa shape index (κ1) is 19.4. The van der Waals surface area contributed by atoms with E-state index in [4.69, 9.17) is 11.6 Å². The van der Waals surface area contributed by atoms with Crippen molar-refractivity contribution in [3.63, 3.8) is 0 Å². The minimum atomic E-state index is -3.61. The molecule has 0 bridgehead atoms. The van der Waals surface area contributed by atoms with Gasteiger partial charge in [-0.2, -0.15) is 4.31 Å². The van der Waals surface area contributed by atoms with Crippen molar-refractivity contribution in [2.45, 2.75) is 37.1 Å². The zero-order valence-electron chi connectivity index (χ0n) is 14.4. The molecule has 1 amide bonds. The Labute approximate surface area is 163 Å². The highest BCUT2D eigenvalue weighted by Crippen LogP contribution is 2.26. The van der Waals surface area contributed by atoms with E-state index in [0.717, 1.165) is 24.1 Å². The van der Waals surface area contributed by atoms with Gasteiger partial charge >= 0.3 is 0 Å². The molecule has 0 saturated carbocycles. The Balaban J connectivity index is 1.84. The van der Waals surface area contributed by atoms with Gasteiger partial charge in [0, 0.05) is 18.0 Å². The van der Waals surface area contributed by atoms with E-state index in [-0.39, 0.29) is 27.4 Å². The molecule has 2 aromatic rings. The number of rotatable bonds is 5. The molecule has 1 aromatic carbocycles. The summed E-state index contributed by atoms with van der Waals surface area (Å²) in [6, 6.07) is 7.99. The van der Waals surface area contributed by atoms with Crippen molar-refractivity contribution in [1.82, 2.24) is 9.62 Å². The van der Waals surface area contributed by atoms with Crippen LogP contribution in [0.25, 0.3) is 0 Å². The average molecular weight is 413 g/mol. The molecule has 0 aliphatic carbocycles. The third kappa shape index (κ3) is 4.11. The molecule has 0 spiro atoms. The first-order valence-corrected chi connectivity index (χ1v) is 11.2. The van der Waals surface area contributed by atoms with Crippen molar-refractivity contribution in [2.75, 3.05) is 13.1 Å². The Bertz CT molecular complexity index is 876. The molecule has 140 valence electrons.